The average molecular weight is 211 g/mol. The topological polar surface area (TPSA) is 3.24 Å². The van der Waals surface area contributed by atoms with Gasteiger partial charge in [0.05, 0.1) is 0 Å². The van der Waals surface area contributed by atoms with Crippen molar-refractivity contribution in [3.8, 4) is 0 Å². The van der Waals surface area contributed by atoms with Crippen molar-refractivity contribution in [2.45, 2.75) is 51.2 Å². The number of rotatable bonds is 4. The van der Waals surface area contributed by atoms with E-state index in [1.165, 1.54) is 38.4 Å². The molecule has 0 aromatic heterocycles. The molecule has 1 nitrogen and oxygen atoms in total. The van der Waals surface area contributed by atoms with Crippen LogP contribution in [0.4, 0.5) is 0 Å². The summed E-state index contributed by atoms with van der Waals surface area (Å²) in [6, 6.07) is 1.36. The quantitative estimate of drug-likeness (QED) is 0.510. The molecule has 0 N–H and O–H groups in total. The van der Waals surface area contributed by atoms with E-state index in [1.54, 1.807) is 0 Å². The van der Waals surface area contributed by atoms with Gasteiger partial charge in [0.1, 0.15) is 0 Å². The Hall–Kier alpha value is -0.0831. The number of nitrogens with zero attached hydrogens (tertiary/aromatic N) is 1. The lowest BCUT2D eigenvalue weighted by Gasteiger charge is -2.41. The number of hydrogen-bond donors (Lipinski definition) is 0. The van der Waals surface area contributed by atoms with E-state index in [-0.39, 0.29) is 9.52 Å². The van der Waals surface area contributed by atoms with Crippen molar-refractivity contribution in [1.29, 1.82) is 0 Å². The minimum absolute atomic E-state index is 0.0225. The number of hydrogen-bond acceptors (Lipinski definition) is 1. The van der Waals surface area contributed by atoms with E-state index in [1.807, 2.05) is 0 Å². The van der Waals surface area contributed by atoms with E-state index in [0.29, 0.717) is 5.16 Å². The number of piperidine rings is 1. The highest BCUT2D eigenvalue weighted by molar-refractivity contribution is 6.40. The van der Waals surface area contributed by atoms with Crippen LogP contribution < -0.4 is 0 Å². The summed E-state index contributed by atoms with van der Waals surface area (Å²) >= 11 is 0. The second kappa shape index (κ2) is 5.71. The third-order valence-electron chi connectivity index (χ3n) is 3.37. The van der Waals surface area contributed by atoms with Crippen molar-refractivity contribution in [1.82, 2.24) is 4.90 Å². The molecular formula is C12H25NSi. The molecular weight excluding hydrogens is 186 g/mol. The van der Waals surface area contributed by atoms with Gasteiger partial charge in [-0.1, -0.05) is 32.4 Å². The molecule has 0 saturated carbocycles. The molecule has 14 heavy (non-hydrogen) atoms. The van der Waals surface area contributed by atoms with Crippen LogP contribution in [-0.4, -0.2) is 32.7 Å². The molecule has 1 rings (SSSR count). The Balaban J connectivity index is 2.37. The van der Waals surface area contributed by atoms with Crippen LogP contribution in [-0.2, 0) is 0 Å². The first kappa shape index (κ1) is 12.0. The summed E-state index contributed by atoms with van der Waals surface area (Å²) in [4.78, 5) is 2.73. The normalized spacial score (nSPS) is 21.4. The molecule has 0 aliphatic carbocycles. The van der Waals surface area contributed by atoms with Gasteiger partial charge in [-0.25, -0.2) is 0 Å². The van der Waals surface area contributed by atoms with E-state index in [9.17, 15) is 0 Å². The second-order valence-corrected chi connectivity index (χ2v) is 7.78. The minimum atomic E-state index is 0.0225. The molecule has 0 spiro atoms. The van der Waals surface area contributed by atoms with Crippen LogP contribution in [0.2, 0.25) is 6.04 Å². The summed E-state index contributed by atoms with van der Waals surface area (Å²) in [5, 5.41) is 0.542. The van der Waals surface area contributed by atoms with E-state index in [4.69, 9.17) is 0 Å². The molecule has 1 saturated heterocycles. The highest BCUT2D eigenvalue weighted by Gasteiger charge is 2.26. The van der Waals surface area contributed by atoms with Crippen molar-refractivity contribution in [2.24, 2.45) is 0 Å². The molecule has 1 aliphatic rings. The molecule has 1 aliphatic heterocycles. The first-order valence-electron chi connectivity index (χ1n) is 6.03. The van der Waals surface area contributed by atoms with Crippen LogP contribution in [0, 0.1) is 0 Å². The van der Waals surface area contributed by atoms with Gasteiger partial charge in [0.15, 0.2) is 0 Å². The predicted octanol–water partition coefficient (Wildman–Crippen LogP) is 2.37. The number of allylic oxidation sites excluding steroid dienone is 2. The van der Waals surface area contributed by atoms with Gasteiger partial charge < -0.3 is 4.90 Å². The maximum Gasteiger partial charge on any atom is 0.0478 e. The maximum absolute atomic E-state index is 2.73. The molecule has 82 valence electrons. The van der Waals surface area contributed by atoms with Gasteiger partial charge in [0.25, 0.3) is 0 Å². The standard InChI is InChI=1S/C12H25NSi/c1-4-5-11-14-12(2,3)13-9-7-6-8-10-13/h4-5H,6-11,14H2,1-3H3/b5-4+. The first-order valence-corrected chi connectivity index (χ1v) is 7.74. The summed E-state index contributed by atoms with van der Waals surface area (Å²) in [5.41, 5.74) is 0. The van der Waals surface area contributed by atoms with Gasteiger partial charge in [-0.2, -0.15) is 0 Å². The smallest absolute Gasteiger partial charge is 0.0478 e. The molecule has 1 fully saturated rings. The molecule has 0 aromatic carbocycles. The fourth-order valence-electron chi connectivity index (χ4n) is 2.26. The average Bonchev–Trinajstić information content (AvgIpc) is 2.19. The van der Waals surface area contributed by atoms with Crippen molar-refractivity contribution < 1.29 is 0 Å². The van der Waals surface area contributed by atoms with E-state index in [0.717, 1.165) is 0 Å². The molecule has 2 heteroatoms. The Morgan fingerprint density at radius 1 is 1.21 bits per heavy atom. The molecule has 0 aromatic rings. The molecule has 0 bridgehead atoms. The van der Waals surface area contributed by atoms with Crippen LogP contribution in [0.3, 0.4) is 0 Å². The van der Waals surface area contributed by atoms with E-state index < -0.39 is 0 Å². The first-order chi connectivity index (χ1) is 6.67. The van der Waals surface area contributed by atoms with Gasteiger partial charge in [0, 0.05) is 14.7 Å². The second-order valence-electron chi connectivity index (χ2n) is 4.97. The van der Waals surface area contributed by atoms with Crippen LogP contribution >= 0.6 is 0 Å². The predicted molar refractivity (Wildman–Crippen MR) is 67.7 cm³/mol. The zero-order valence-corrected chi connectivity index (χ0v) is 11.5. The van der Waals surface area contributed by atoms with Gasteiger partial charge in [-0.15, -0.1) is 0 Å². The zero-order chi connectivity index (χ0) is 10.4. The number of likely N-dealkylation sites (tertiary alicyclic amines) is 1. The van der Waals surface area contributed by atoms with Gasteiger partial charge in [-0.3, -0.25) is 0 Å². The summed E-state index contributed by atoms with van der Waals surface area (Å²) in [5.74, 6) is 0. The minimum Gasteiger partial charge on any atom is -0.301 e. The van der Waals surface area contributed by atoms with Gasteiger partial charge in [-0.05, 0) is 38.9 Å². The summed E-state index contributed by atoms with van der Waals surface area (Å²) in [6.07, 6.45) is 8.82. The summed E-state index contributed by atoms with van der Waals surface area (Å²) < 4.78 is 0. The van der Waals surface area contributed by atoms with Crippen molar-refractivity contribution in [3.05, 3.63) is 12.2 Å². The van der Waals surface area contributed by atoms with Gasteiger partial charge >= 0.3 is 0 Å². The largest absolute Gasteiger partial charge is 0.301 e. The molecule has 0 unspecified atom stereocenters. The van der Waals surface area contributed by atoms with Crippen molar-refractivity contribution in [2.75, 3.05) is 13.1 Å². The fourth-order valence-corrected chi connectivity index (χ4v) is 4.10. The molecule has 1 heterocycles. The van der Waals surface area contributed by atoms with Crippen molar-refractivity contribution >= 4 is 9.52 Å². The monoisotopic (exact) mass is 211 g/mol. The zero-order valence-electron chi connectivity index (χ0n) is 10.1. The Bertz CT molecular complexity index is 181. The van der Waals surface area contributed by atoms with E-state index >= 15 is 0 Å². The third kappa shape index (κ3) is 3.58. The Morgan fingerprint density at radius 3 is 2.43 bits per heavy atom. The molecule has 0 amide bonds. The van der Waals surface area contributed by atoms with Crippen molar-refractivity contribution in [3.63, 3.8) is 0 Å². The summed E-state index contributed by atoms with van der Waals surface area (Å²) in [6.45, 7) is 9.72. The van der Waals surface area contributed by atoms with Gasteiger partial charge in [0.2, 0.25) is 0 Å². The Labute approximate surface area is 91.4 Å². The lowest BCUT2D eigenvalue weighted by atomic mass is 10.1. The lowest BCUT2D eigenvalue weighted by molar-refractivity contribution is 0.154. The molecule has 0 atom stereocenters. The molecule has 0 radical (unpaired) electrons. The maximum atomic E-state index is 2.73. The SMILES string of the molecule is C/C=C/C[SiH2]C(C)(C)N1CCCCC1. The van der Waals surface area contributed by atoms with Crippen LogP contribution in [0.25, 0.3) is 0 Å². The lowest BCUT2D eigenvalue weighted by Crippen LogP contribution is -2.50. The Morgan fingerprint density at radius 2 is 1.86 bits per heavy atom. The Kier molecular flexibility index (Phi) is 4.89. The van der Waals surface area contributed by atoms with Crippen LogP contribution in [0.15, 0.2) is 12.2 Å². The van der Waals surface area contributed by atoms with Crippen LogP contribution in [0.1, 0.15) is 40.0 Å². The van der Waals surface area contributed by atoms with E-state index in [2.05, 4.69) is 37.8 Å². The third-order valence-corrected chi connectivity index (χ3v) is 5.66. The highest BCUT2D eigenvalue weighted by atomic mass is 28.2. The van der Waals surface area contributed by atoms with Crippen LogP contribution in [0.5, 0.6) is 0 Å². The fraction of sp³-hybridized carbons (Fsp3) is 0.833. The summed E-state index contributed by atoms with van der Waals surface area (Å²) in [7, 11) is 0.0225. The highest BCUT2D eigenvalue weighted by Crippen LogP contribution is 2.20.